The smallest absolute Gasteiger partial charge is 0.122 e. The Morgan fingerprint density at radius 3 is 3.15 bits per heavy atom. The summed E-state index contributed by atoms with van der Waals surface area (Å²) in [4.78, 5) is 0. The molecule has 1 aromatic rings. The van der Waals surface area contributed by atoms with Crippen molar-refractivity contribution in [1.82, 2.24) is 0 Å². The molecular formula is C11H12O2. The number of rotatable bonds is 2. The number of epoxide rings is 1. The molecule has 1 atom stereocenters. The van der Waals surface area contributed by atoms with Gasteiger partial charge in [0.05, 0.1) is 19.3 Å². The molecule has 13 heavy (non-hydrogen) atoms. The first-order chi connectivity index (χ1) is 6.42. The molecule has 2 nitrogen and oxygen atoms in total. The van der Waals surface area contributed by atoms with Crippen LogP contribution in [0.15, 0.2) is 18.2 Å². The Kier molecular flexibility index (Phi) is 1.56. The summed E-state index contributed by atoms with van der Waals surface area (Å²) >= 11 is 0. The molecule has 0 saturated carbocycles. The van der Waals surface area contributed by atoms with Crippen molar-refractivity contribution in [2.24, 2.45) is 0 Å². The van der Waals surface area contributed by atoms with Gasteiger partial charge in [-0.2, -0.15) is 0 Å². The first kappa shape index (κ1) is 7.39. The van der Waals surface area contributed by atoms with E-state index in [1.807, 2.05) is 0 Å². The van der Waals surface area contributed by atoms with E-state index in [9.17, 15) is 0 Å². The van der Waals surface area contributed by atoms with Crippen LogP contribution in [0.4, 0.5) is 0 Å². The second kappa shape index (κ2) is 2.74. The summed E-state index contributed by atoms with van der Waals surface area (Å²) in [6, 6.07) is 6.48. The van der Waals surface area contributed by atoms with Gasteiger partial charge in [0.25, 0.3) is 0 Å². The van der Waals surface area contributed by atoms with Crippen molar-refractivity contribution in [2.75, 3.05) is 13.2 Å². The van der Waals surface area contributed by atoms with Gasteiger partial charge < -0.3 is 9.47 Å². The van der Waals surface area contributed by atoms with Crippen LogP contribution in [0.2, 0.25) is 0 Å². The van der Waals surface area contributed by atoms with Crippen LogP contribution in [0.1, 0.15) is 11.1 Å². The van der Waals surface area contributed by atoms with Gasteiger partial charge in [-0.1, -0.05) is 12.1 Å². The average molecular weight is 176 g/mol. The van der Waals surface area contributed by atoms with E-state index in [0.29, 0.717) is 6.10 Å². The molecule has 0 radical (unpaired) electrons. The molecule has 3 rings (SSSR count). The fourth-order valence-corrected chi connectivity index (χ4v) is 1.82. The van der Waals surface area contributed by atoms with Gasteiger partial charge in [0.2, 0.25) is 0 Å². The Labute approximate surface area is 77.5 Å². The Bertz CT molecular complexity index is 329. The topological polar surface area (TPSA) is 21.8 Å². The van der Waals surface area contributed by atoms with Gasteiger partial charge in [-0.05, 0) is 17.2 Å². The Morgan fingerprint density at radius 2 is 2.31 bits per heavy atom. The van der Waals surface area contributed by atoms with Gasteiger partial charge in [-0.15, -0.1) is 0 Å². The number of benzene rings is 1. The SMILES string of the molecule is c1cc2c(cc1C[C@@H]1CO1)CCO2. The first-order valence-corrected chi connectivity index (χ1v) is 4.78. The molecule has 2 aliphatic heterocycles. The maximum Gasteiger partial charge on any atom is 0.122 e. The highest BCUT2D eigenvalue weighted by molar-refractivity contribution is 5.40. The second-order valence-corrected chi connectivity index (χ2v) is 3.70. The van der Waals surface area contributed by atoms with Crippen molar-refractivity contribution in [3.63, 3.8) is 0 Å². The molecule has 0 amide bonds. The zero-order valence-electron chi connectivity index (χ0n) is 7.45. The van der Waals surface area contributed by atoms with Crippen LogP contribution in [0.3, 0.4) is 0 Å². The van der Waals surface area contributed by atoms with Crippen LogP contribution in [-0.2, 0) is 17.6 Å². The number of ether oxygens (including phenoxy) is 2. The molecule has 0 spiro atoms. The number of hydrogen-bond acceptors (Lipinski definition) is 2. The highest BCUT2D eigenvalue weighted by atomic mass is 16.6. The fourth-order valence-electron chi connectivity index (χ4n) is 1.82. The summed E-state index contributed by atoms with van der Waals surface area (Å²) in [6.45, 7) is 1.78. The highest BCUT2D eigenvalue weighted by Gasteiger charge is 2.23. The summed E-state index contributed by atoms with van der Waals surface area (Å²) in [5, 5.41) is 0. The molecule has 1 aromatic carbocycles. The minimum Gasteiger partial charge on any atom is -0.493 e. The third-order valence-corrected chi connectivity index (χ3v) is 2.62. The quantitative estimate of drug-likeness (QED) is 0.638. The van der Waals surface area contributed by atoms with Crippen LogP contribution in [0.5, 0.6) is 5.75 Å². The fraction of sp³-hybridized carbons (Fsp3) is 0.455. The predicted molar refractivity (Wildman–Crippen MR) is 49.1 cm³/mol. The summed E-state index contributed by atoms with van der Waals surface area (Å²) < 4.78 is 10.6. The zero-order chi connectivity index (χ0) is 8.67. The molecule has 2 heterocycles. The molecule has 0 N–H and O–H groups in total. The van der Waals surface area contributed by atoms with Gasteiger partial charge in [-0.3, -0.25) is 0 Å². The minimum atomic E-state index is 0.486. The molecule has 0 unspecified atom stereocenters. The number of fused-ring (bicyclic) bond motifs is 1. The van der Waals surface area contributed by atoms with Crippen molar-refractivity contribution in [2.45, 2.75) is 18.9 Å². The van der Waals surface area contributed by atoms with Crippen LogP contribution in [0, 0.1) is 0 Å². The normalized spacial score (nSPS) is 23.8. The number of hydrogen-bond donors (Lipinski definition) is 0. The maximum atomic E-state index is 5.44. The standard InChI is InChI=1S/C11H12O2/c1-2-11-9(3-4-12-11)5-8(1)6-10-7-13-10/h1-2,5,10H,3-4,6-7H2/t10-/m1/s1. The monoisotopic (exact) mass is 176 g/mol. The van der Waals surface area contributed by atoms with Gasteiger partial charge in [0, 0.05) is 12.8 Å². The third-order valence-electron chi connectivity index (χ3n) is 2.62. The third kappa shape index (κ3) is 1.42. The lowest BCUT2D eigenvalue weighted by atomic mass is 10.1. The van der Waals surface area contributed by atoms with Crippen LogP contribution in [-0.4, -0.2) is 19.3 Å². The Hall–Kier alpha value is -1.02. The summed E-state index contributed by atoms with van der Waals surface area (Å²) in [5.74, 6) is 1.07. The van der Waals surface area contributed by atoms with E-state index in [0.717, 1.165) is 31.8 Å². The van der Waals surface area contributed by atoms with E-state index < -0.39 is 0 Å². The lowest BCUT2D eigenvalue weighted by Crippen LogP contribution is -1.93. The van der Waals surface area contributed by atoms with Crippen molar-refractivity contribution < 1.29 is 9.47 Å². The molecule has 2 heteroatoms. The van der Waals surface area contributed by atoms with E-state index >= 15 is 0 Å². The van der Waals surface area contributed by atoms with Crippen LogP contribution >= 0.6 is 0 Å². The molecule has 0 aromatic heterocycles. The second-order valence-electron chi connectivity index (χ2n) is 3.70. The van der Waals surface area contributed by atoms with Gasteiger partial charge in [0.15, 0.2) is 0 Å². The van der Waals surface area contributed by atoms with Crippen molar-refractivity contribution >= 4 is 0 Å². The van der Waals surface area contributed by atoms with Gasteiger partial charge in [-0.25, -0.2) is 0 Å². The highest BCUT2D eigenvalue weighted by Crippen LogP contribution is 2.27. The molecule has 1 saturated heterocycles. The molecule has 1 fully saturated rings. The average Bonchev–Trinajstić information content (AvgIpc) is 2.83. The maximum absolute atomic E-state index is 5.44. The summed E-state index contributed by atoms with van der Waals surface area (Å²) in [5.41, 5.74) is 2.74. The van der Waals surface area contributed by atoms with Crippen LogP contribution < -0.4 is 4.74 Å². The predicted octanol–water partition coefficient (Wildman–Crippen LogP) is 1.56. The Balaban J connectivity index is 1.86. The Morgan fingerprint density at radius 1 is 1.38 bits per heavy atom. The van der Waals surface area contributed by atoms with Crippen molar-refractivity contribution in [1.29, 1.82) is 0 Å². The van der Waals surface area contributed by atoms with Crippen molar-refractivity contribution in [3.05, 3.63) is 29.3 Å². The molecule has 0 bridgehead atoms. The lowest BCUT2D eigenvalue weighted by molar-refractivity contribution is 0.356. The van der Waals surface area contributed by atoms with Gasteiger partial charge in [0.1, 0.15) is 5.75 Å². The molecular weight excluding hydrogens is 164 g/mol. The summed E-state index contributed by atoms with van der Waals surface area (Å²) in [6.07, 6.45) is 2.61. The van der Waals surface area contributed by atoms with Crippen molar-refractivity contribution in [3.8, 4) is 5.75 Å². The molecule has 0 aliphatic carbocycles. The van der Waals surface area contributed by atoms with E-state index in [2.05, 4.69) is 18.2 Å². The van der Waals surface area contributed by atoms with E-state index in [1.165, 1.54) is 11.1 Å². The lowest BCUT2D eigenvalue weighted by Gasteiger charge is -2.01. The first-order valence-electron chi connectivity index (χ1n) is 4.78. The van der Waals surface area contributed by atoms with E-state index in [4.69, 9.17) is 9.47 Å². The van der Waals surface area contributed by atoms with Gasteiger partial charge >= 0.3 is 0 Å². The van der Waals surface area contributed by atoms with E-state index in [1.54, 1.807) is 0 Å². The zero-order valence-corrected chi connectivity index (χ0v) is 7.45. The van der Waals surface area contributed by atoms with Crippen LogP contribution in [0.25, 0.3) is 0 Å². The molecule has 68 valence electrons. The minimum absolute atomic E-state index is 0.486. The molecule has 2 aliphatic rings. The summed E-state index contributed by atoms with van der Waals surface area (Å²) in [7, 11) is 0. The largest absolute Gasteiger partial charge is 0.493 e. The van der Waals surface area contributed by atoms with E-state index in [-0.39, 0.29) is 0 Å².